The second-order valence-electron chi connectivity index (χ2n) is 7.34. The van der Waals surface area contributed by atoms with Crippen LogP contribution in [-0.2, 0) is 0 Å². The molecule has 8 nitrogen and oxygen atoms in total. The van der Waals surface area contributed by atoms with Crippen molar-refractivity contribution < 1.29 is 9.53 Å². The molecule has 0 unspecified atom stereocenters. The molecule has 3 aromatic rings. The Bertz CT molecular complexity index is 1010. The molecule has 0 aliphatic heterocycles. The molecule has 0 atom stereocenters. The van der Waals surface area contributed by atoms with Crippen LogP contribution in [0.5, 0.6) is 5.75 Å². The first-order valence-electron chi connectivity index (χ1n) is 9.60. The lowest BCUT2D eigenvalue weighted by Crippen LogP contribution is -2.40. The maximum atomic E-state index is 12.6. The van der Waals surface area contributed by atoms with E-state index >= 15 is 0 Å². The Hall–Kier alpha value is -3.03. The first-order chi connectivity index (χ1) is 13.5. The van der Waals surface area contributed by atoms with E-state index in [1.54, 1.807) is 10.7 Å². The molecule has 146 valence electrons. The zero-order valence-electron chi connectivity index (χ0n) is 16.3. The molecule has 0 spiro atoms. The van der Waals surface area contributed by atoms with Crippen LogP contribution >= 0.6 is 0 Å². The summed E-state index contributed by atoms with van der Waals surface area (Å²) in [6.07, 6.45) is 5.41. The summed E-state index contributed by atoms with van der Waals surface area (Å²) in [6, 6.07) is 5.84. The van der Waals surface area contributed by atoms with E-state index in [-0.39, 0.29) is 23.9 Å². The number of rotatable bonds is 4. The van der Waals surface area contributed by atoms with Gasteiger partial charge in [-0.3, -0.25) is 9.78 Å². The first-order valence-corrected chi connectivity index (χ1v) is 9.60. The Balaban J connectivity index is 1.35. The topological polar surface area (TPSA) is 94.3 Å². The number of aromatic nitrogens is 5. The van der Waals surface area contributed by atoms with Crippen molar-refractivity contribution in [2.24, 2.45) is 0 Å². The summed E-state index contributed by atoms with van der Waals surface area (Å²) in [5, 5.41) is 7.35. The van der Waals surface area contributed by atoms with Crippen LogP contribution in [0.15, 0.2) is 24.4 Å². The predicted octanol–water partition coefficient (Wildman–Crippen LogP) is 2.56. The number of ether oxygens (including phenoxy) is 1. The normalized spacial score (nSPS) is 19.5. The van der Waals surface area contributed by atoms with Gasteiger partial charge >= 0.3 is 0 Å². The average molecular weight is 380 g/mol. The first kappa shape index (κ1) is 18.3. The van der Waals surface area contributed by atoms with E-state index in [0.717, 1.165) is 48.5 Å². The lowest BCUT2D eigenvalue weighted by atomic mass is 9.93. The SMILES string of the molecule is Cc1cc(C)n2nc(C(=O)NC3CCC(Oc4cccnc4C)CC3)nc2n1. The van der Waals surface area contributed by atoms with Crippen molar-refractivity contribution >= 4 is 11.7 Å². The Morgan fingerprint density at radius 2 is 1.96 bits per heavy atom. The maximum Gasteiger partial charge on any atom is 0.291 e. The Kier molecular flexibility index (Phi) is 4.93. The molecule has 8 heteroatoms. The minimum atomic E-state index is -0.255. The molecule has 0 radical (unpaired) electrons. The van der Waals surface area contributed by atoms with Crippen LogP contribution in [0.1, 0.15) is 53.4 Å². The van der Waals surface area contributed by atoms with Crippen LogP contribution in [-0.4, -0.2) is 42.6 Å². The van der Waals surface area contributed by atoms with Gasteiger partial charge in [0.1, 0.15) is 5.75 Å². The molecule has 0 saturated heterocycles. The highest BCUT2D eigenvalue weighted by atomic mass is 16.5. The van der Waals surface area contributed by atoms with Crippen molar-refractivity contribution in [2.75, 3.05) is 0 Å². The molecule has 1 aliphatic carbocycles. The third kappa shape index (κ3) is 3.81. The third-order valence-corrected chi connectivity index (χ3v) is 5.08. The van der Waals surface area contributed by atoms with Gasteiger partial charge in [0.15, 0.2) is 0 Å². The number of hydrogen-bond donors (Lipinski definition) is 1. The zero-order chi connectivity index (χ0) is 19.7. The van der Waals surface area contributed by atoms with Gasteiger partial charge < -0.3 is 10.1 Å². The number of amides is 1. The lowest BCUT2D eigenvalue weighted by Gasteiger charge is -2.29. The van der Waals surface area contributed by atoms with Crippen molar-refractivity contribution in [2.45, 2.75) is 58.6 Å². The summed E-state index contributed by atoms with van der Waals surface area (Å²) >= 11 is 0. The number of carbonyl (C=O) groups is 1. The largest absolute Gasteiger partial charge is 0.489 e. The fourth-order valence-corrected chi connectivity index (χ4v) is 3.61. The van der Waals surface area contributed by atoms with Crippen LogP contribution in [0.25, 0.3) is 5.78 Å². The van der Waals surface area contributed by atoms with Gasteiger partial charge in [-0.05, 0) is 64.7 Å². The van der Waals surface area contributed by atoms with Crippen LogP contribution in [0.3, 0.4) is 0 Å². The minimum Gasteiger partial charge on any atom is -0.489 e. The fourth-order valence-electron chi connectivity index (χ4n) is 3.61. The van der Waals surface area contributed by atoms with Crippen molar-refractivity contribution in [1.82, 2.24) is 29.9 Å². The highest BCUT2D eigenvalue weighted by molar-refractivity contribution is 5.91. The molecule has 1 N–H and O–H groups in total. The summed E-state index contributed by atoms with van der Waals surface area (Å²) in [7, 11) is 0. The van der Waals surface area contributed by atoms with E-state index in [1.807, 2.05) is 39.0 Å². The van der Waals surface area contributed by atoms with Gasteiger partial charge in [0, 0.05) is 23.6 Å². The molecule has 0 aromatic carbocycles. The highest BCUT2D eigenvalue weighted by Gasteiger charge is 2.25. The second-order valence-corrected chi connectivity index (χ2v) is 7.34. The molecule has 3 heterocycles. The zero-order valence-corrected chi connectivity index (χ0v) is 16.3. The third-order valence-electron chi connectivity index (χ3n) is 5.08. The van der Waals surface area contributed by atoms with E-state index in [1.165, 1.54) is 0 Å². The molecular weight excluding hydrogens is 356 g/mol. The molecule has 1 saturated carbocycles. The van der Waals surface area contributed by atoms with Crippen LogP contribution in [0.4, 0.5) is 0 Å². The monoisotopic (exact) mass is 380 g/mol. The summed E-state index contributed by atoms with van der Waals surface area (Å²) in [6.45, 7) is 5.76. The van der Waals surface area contributed by atoms with E-state index in [2.05, 4.69) is 25.4 Å². The van der Waals surface area contributed by atoms with Gasteiger partial charge in [0.25, 0.3) is 11.7 Å². The molecule has 3 aromatic heterocycles. The summed E-state index contributed by atoms with van der Waals surface area (Å²) < 4.78 is 7.68. The van der Waals surface area contributed by atoms with Gasteiger partial charge in [-0.2, -0.15) is 4.98 Å². The average Bonchev–Trinajstić information content (AvgIpc) is 3.10. The van der Waals surface area contributed by atoms with E-state index in [9.17, 15) is 4.79 Å². The number of nitrogens with zero attached hydrogens (tertiary/aromatic N) is 5. The quantitative estimate of drug-likeness (QED) is 0.748. The van der Waals surface area contributed by atoms with Crippen LogP contribution < -0.4 is 10.1 Å². The van der Waals surface area contributed by atoms with Gasteiger partial charge in [0.05, 0.1) is 11.8 Å². The second kappa shape index (κ2) is 7.53. The maximum absolute atomic E-state index is 12.6. The fraction of sp³-hybridized carbons (Fsp3) is 0.450. The Morgan fingerprint density at radius 1 is 1.18 bits per heavy atom. The van der Waals surface area contributed by atoms with Crippen LogP contribution in [0, 0.1) is 20.8 Å². The Labute approximate surface area is 163 Å². The summed E-state index contributed by atoms with van der Waals surface area (Å²) in [5.41, 5.74) is 2.65. The number of hydrogen-bond acceptors (Lipinski definition) is 6. The molecule has 1 aliphatic rings. The molecule has 4 rings (SSSR count). The highest BCUT2D eigenvalue weighted by Crippen LogP contribution is 2.25. The van der Waals surface area contributed by atoms with E-state index in [0.29, 0.717) is 5.78 Å². The van der Waals surface area contributed by atoms with Crippen LogP contribution in [0.2, 0.25) is 0 Å². The number of carbonyl (C=O) groups excluding carboxylic acids is 1. The predicted molar refractivity (Wildman–Crippen MR) is 103 cm³/mol. The molecular formula is C20H24N6O2. The Morgan fingerprint density at radius 3 is 2.71 bits per heavy atom. The molecule has 0 bridgehead atoms. The van der Waals surface area contributed by atoms with Crippen molar-refractivity contribution in [3.05, 3.63) is 47.3 Å². The standard InChI is InChI=1S/C20H24N6O2/c1-12-11-13(2)26-20(22-12)24-18(25-26)19(27)23-15-6-8-16(9-7-15)28-17-5-4-10-21-14(17)3/h4-5,10-11,15-16H,6-9H2,1-3H3,(H,23,27). The summed E-state index contributed by atoms with van der Waals surface area (Å²) in [5.74, 6) is 1.19. The molecule has 28 heavy (non-hydrogen) atoms. The number of fused-ring (bicyclic) bond motifs is 1. The van der Waals surface area contributed by atoms with Gasteiger partial charge in [0.2, 0.25) is 5.82 Å². The van der Waals surface area contributed by atoms with E-state index < -0.39 is 0 Å². The van der Waals surface area contributed by atoms with Gasteiger partial charge in [-0.25, -0.2) is 9.50 Å². The number of nitrogens with one attached hydrogen (secondary N) is 1. The lowest BCUT2D eigenvalue weighted by molar-refractivity contribution is 0.0883. The van der Waals surface area contributed by atoms with Gasteiger partial charge in [-0.1, -0.05) is 0 Å². The van der Waals surface area contributed by atoms with Crippen molar-refractivity contribution in [1.29, 1.82) is 0 Å². The van der Waals surface area contributed by atoms with Gasteiger partial charge in [-0.15, -0.1) is 5.10 Å². The smallest absolute Gasteiger partial charge is 0.291 e. The minimum absolute atomic E-state index is 0.102. The van der Waals surface area contributed by atoms with Crippen molar-refractivity contribution in [3.8, 4) is 5.75 Å². The number of aryl methyl sites for hydroxylation is 3. The molecule has 1 amide bonds. The van der Waals surface area contributed by atoms with E-state index in [4.69, 9.17) is 4.74 Å². The number of pyridine rings is 1. The summed E-state index contributed by atoms with van der Waals surface area (Å²) in [4.78, 5) is 25.4. The van der Waals surface area contributed by atoms with Crippen molar-refractivity contribution in [3.63, 3.8) is 0 Å². The molecule has 1 fully saturated rings.